The Morgan fingerprint density at radius 3 is 1.00 bits per heavy atom. The fourth-order valence-corrected chi connectivity index (χ4v) is 2.34. The molecule has 0 aliphatic carbocycles. The maximum absolute atomic E-state index is 2.36. The van der Waals surface area contributed by atoms with Crippen LogP contribution in [0.25, 0.3) is 0 Å². The van der Waals surface area contributed by atoms with Gasteiger partial charge in [-0.1, -0.05) is 41.5 Å². The van der Waals surface area contributed by atoms with Crippen LogP contribution in [0, 0.1) is 10.8 Å². The van der Waals surface area contributed by atoms with Gasteiger partial charge in [0.15, 0.2) is 0 Å². The van der Waals surface area contributed by atoms with E-state index in [1.54, 1.807) is 0 Å². The van der Waals surface area contributed by atoms with Gasteiger partial charge in [-0.05, 0) is 30.1 Å². The Morgan fingerprint density at radius 1 is 0.727 bits per heavy atom. The molecule has 0 nitrogen and oxygen atoms in total. The van der Waals surface area contributed by atoms with Gasteiger partial charge in [-0.2, -0.15) is 0 Å². The van der Waals surface area contributed by atoms with Crippen molar-refractivity contribution < 1.29 is 0 Å². The summed E-state index contributed by atoms with van der Waals surface area (Å²) in [7, 11) is 0. The Kier molecular flexibility index (Phi) is 3.60. The topological polar surface area (TPSA) is 0 Å². The SMILES string of the molecule is CCC(CC)(CC)C(C)(C)C. The van der Waals surface area contributed by atoms with Crippen LogP contribution in [0.15, 0.2) is 0 Å². The Morgan fingerprint density at radius 2 is 1.00 bits per heavy atom. The molecule has 0 aliphatic heterocycles. The molecule has 0 aromatic rings. The van der Waals surface area contributed by atoms with Crippen LogP contribution in [0.2, 0.25) is 0 Å². The molecular weight excluding hydrogens is 132 g/mol. The average molecular weight is 156 g/mol. The monoisotopic (exact) mass is 156 g/mol. The van der Waals surface area contributed by atoms with E-state index in [1.165, 1.54) is 19.3 Å². The first kappa shape index (κ1) is 11.0. The Labute approximate surface area is 72.4 Å². The van der Waals surface area contributed by atoms with Gasteiger partial charge >= 0.3 is 0 Å². The quantitative estimate of drug-likeness (QED) is 0.573. The lowest BCUT2D eigenvalue weighted by atomic mass is 9.62. The fourth-order valence-electron chi connectivity index (χ4n) is 2.34. The molecular formula is C11H24. The second-order valence-electron chi connectivity index (χ2n) is 4.59. The molecule has 0 aliphatic rings. The summed E-state index contributed by atoms with van der Waals surface area (Å²) in [6.45, 7) is 14.0. The van der Waals surface area contributed by atoms with E-state index in [2.05, 4.69) is 41.5 Å². The van der Waals surface area contributed by atoms with Crippen LogP contribution in [-0.2, 0) is 0 Å². The Balaban J connectivity index is 4.54. The Bertz CT molecular complexity index is 93.4. The predicted molar refractivity (Wildman–Crippen MR) is 52.8 cm³/mol. The van der Waals surface area contributed by atoms with Crippen LogP contribution in [0.1, 0.15) is 60.8 Å². The van der Waals surface area contributed by atoms with E-state index in [1.807, 2.05) is 0 Å². The van der Waals surface area contributed by atoms with E-state index in [-0.39, 0.29) is 0 Å². The van der Waals surface area contributed by atoms with Crippen LogP contribution in [0.5, 0.6) is 0 Å². The van der Waals surface area contributed by atoms with Crippen molar-refractivity contribution in [2.75, 3.05) is 0 Å². The zero-order valence-electron chi connectivity index (χ0n) is 9.12. The molecule has 0 heterocycles. The molecule has 0 saturated heterocycles. The van der Waals surface area contributed by atoms with Crippen LogP contribution in [0.4, 0.5) is 0 Å². The normalized spacial score (nSPS) is 13.6. The van der Waals surface area contributed by atoms with Crippen molar-refractivity contribution in [1.82, 2.24) is 0 Å². The van der Waals surface area contributed by atoms with Crippen molar-refractivity contribution in [1.29, 1.82) is 0 Å². The Hall–Kier alpha value is 0. The van der Waals surface area contributed by atoms with Crippen molar-refractivity contribution in [3.05, 3.63) is 0 Å². The standard InChI is InChI=1S/C11H24/c1-7-11(8-2,9-3)10(4,5)6/h7-9H2,1-6H3. The van der Waals surface area contributed by atoms with E-state index in [9.17, 15) is 0 Å². The highest BCUT2D eigenvalue weighted by Gasteiger charge is 2.36. The van der Waals surface area contributed by atoms with Gasteiger partial charge in [0, 0.05) is 0 Å². The van der Waals surface area contributed by atoms with Gasteiger partial charge in [0.05, 0.1) is 0 Å². The van der Waals surface area contributed by atoms with Gasteiger partial charge in [-0.3, -0.25) is 0 Å². The molecule has 0 rings (SSSR count). The zero-order valence-corrected chi connectivity index (χ0v) is 9.12. The van der Waals surface area contributed by atoms with Gasteiger partial charge in [-0.15, -0.1) is 0 Å². The lowest BCUT2D eigenvalue weighted by Gasteiger charge is -2.43. The van der Waals surface area contributed by atoms with Crippen molar-refractivity contribution in [2.45, 2.75) is 60.8 Å². The second kappa shape index (κ2) is 3.60. The molecule has 0 aromatic carbocycles. The van der Waals surface area contributed by atoms with Crippen molar-refractivity contribution in [3.8, 4) is 0 Å². The molecule has 0 amide bonds. The summed E-state index contributed by atoms with van der Waals surface area (Å²) in [6.07, 6.45) is 3.93. The first-order valence-corrected chi connectivity index (χ1v) is 4.93. The average Bonchev–Trinajstić information content (AvgIpc) is 1.90. The van der Waals surface area contributed by atoms with Gasteiger partial charge < -0.3 is 0 Å². The number of hydrogen-bond acceptors (Lipinski definition) is 0. The summed E-state index contributed by atoms with van der Waals surface area (Å²) in [4.78, 5) is 0. The molecule has 0 heteroatoms. The molecule has 0 fully saturated rings. The van der Waals surface area contributed by atoms with Crippen LogP contribution < -0.4 is 0 Å². The molecule has 0 N–H and O–H groups in total. The minimum Gasteiger partial charge on any atom is -0.0648 e. The summed E-state index contributed by atoms with van der Waals surface area (Å²) < 4.78 is 0. The third-order valence-electron chi connectivity index (χ3n) is 3.62. The van der Waals surface area contributed by atoms with Crippen molar-refractivity contribution >= 4 is 0 Å². The third kappa shape index (κ3) is 1.98. The van der Waals surface area contributed by atoms with Crippen LogP contribution in [0.3, 0.4) is 0 Å². The lowest BCUT2D eigenvalue weighted by molar-refractivity contribution is 0.0696. The molecule has 0 spiro atoms. The minimum atomic E-state index is 0.464. The highest BCUT2D eigenvalue weighted by molar-refractivity contribution is 4.86. The highest BCUT2D eigenvalue weighted by atomic mass is 14.4. The van der Waals surface area contributed by atoms with Crippen LogP contribution in [-0.4, -0.2) is 0 Å². The molecule has 68 valence electrons. The van der Waals surface area contributed by atoms with E-state index in [4.69, 9.17) is 0 Å². The smallest absolute Gasteiger partial charge is 0.0257 e. The molecule has 0 saturated carbocycles. The summed E-state index contributed by atoms with van der Waals surface area (Å²) in [6, 6.07) is 0. The van der Waals surface area contributed by atoms with Gasteiger partial charge in [0.2, 0.25) is 0 Å². The predicted octanol–water partition coefficient (Wildman–Crippen LogP) is 4.25. The first-order chi connectivity index (χ1) is 4.93. The van der Waals surface area contributed by atoms with Gasteiger partial charge in [0.1, 0.15) is 0 Å². The third-order valence-corrected chi connectivity index (χ3v) is 3.62. The maximum atomic E-state index is 2.36. The zero-order chi connectivity index (χ0) is 9.12. The summed E-state index contributed by atoms with van der Waals surface area (Å²) in [5.41, 5.74) is 1.03. The van der Waals surface area contributed by atoms with E-state index < -0.39 is 0 Å². The first-order valence-electron chi connectivity index (χ1n) is 4.93. The number of hydrogen-bond donors (Lipinski definition) is 0. The highest BCUT2D eigenvalue weighted by Crippen LogP contribution is 2.46. The molecule has 0 unspecified atom stereocenters. The van der Waals surface area contributed by atoms with Crippen LogP contribution >= 0.6 is 0 Å². The molecule has 0 bridgehead atoms. The minimum absolute atomic E-state index is 0.464. The van der Waals surface area contributed by atoms with Gasteiger partial charge in [0.25, 0.3) is 0 Å². The van der Waals surface area contributed by atoms with E-state index in [0.717, 1.165) is 0 Å². The van der Waals surface area contributed by atoms with Crippen molar-refractivity contribution in [3.63, 3.8) is 0 Å². The maximum Gasteiger partial charge on any atom is -0.0257 e. The molecule has 0 aromatic heterocycles. The molecule has 11 heavy (non-hydrogen) atoms. The summed E-state index contributed by atoms with van der Waals surface area (Å²) in [5, 5.41) is 0. The van der Waals surface area contributed by atoms with Crippen molar-refractivity contribution in [2.24, 2.45) is 10.8 Å². The van der Waals surface area contributed by atoms with E-state index >= 15 is 0 Å². The van der Waals surface area contributed by atoms with Gasteiger partial charge in [-0.25, -0.2) is 0 Å². The van der Waals surface area contributed by atoms with E-state index in [0.29, 0.717) is 10.8 Å². The summed E-state index contributed by atoms with van der Waals surface area (Å²) >= 11 is 0. The molecule has 0 atom stereocenters. The lowest BCUT2D eigenvalue weighted by Crippen LogP contribution is -2.33. The number of rotatable bonds is 3. The fraction of sp³-hybridized carbons (Fsp3) is 1.00. The second-order valence-corrected chi connectivity index (χ2v) is 4.59. The largest absolute Gasteiger partial charge is 0.0648 e. The molecule has 0 radical (unpaired) electrons. The summed E-state index contributed by atoms with van der Waals surface area (Å²) in [5.74, 6) is 0.